The first-order chi connectivity index (χ1) is 17.4. The van der Waals surface area contributed by atoms with Crippen LogP contribution in [-0.4, -0.2) is 75.3 Å². The van der Waals surface area contributed by atoms with Gasteiger partial charge < -0.3 is 24.8 Å². The molecule has 36 heavy (non-hydrogen) atoms. The molecule has 0 radical (unpaired) electrons. The molecule has 1 aromatic heterocycles. The average molecular weight is 486 g/mol. The number of rotatable bonds is 6. The quantitative estimate of drug-likeness (QED) is 0.576. The zero-order chi connectivity index (χ0) is 24.9. The fraction of sp³-hybridized carbons (Fsp3) is 0.448. The van der Waals surface area contributed by atoms with Gasteiger partial charge >= 0.3 is 0 Å². The van der Waals surface area contributed by atoms with Crippen LogP contribution in [0, 0.1) is 6.92 Å². The van der Waals surface area contributed by atoms with E-state index < -0.39 is 0 Å². The maximum absolute atomic E-state index is 13.6. The number of anilines is 2. The summed E-state index contributed by atoms with van der Waals surface area (Å²) >= 11 is 0. The van der Waals surface area contributed by atoms with Gasteiger partial charge in [-0.1, -0.05) is 18.2 Å². The lowest BCUT2D eigenvalue weighted by molar-refractivity contribution is 0.0930. The van der Waals surface area contributed by atoms with Crippen molar-refractivity contribution in [1.29, 1.82) is 0 Å². The highest BCUT2D eigenvalue weighted by molar-refractivity contribution is 5.99. The summed E-state index contributed by atoms with van der Waals surface area (Å²) in [6.45, 7) is 7.23. The number of pyridine rings is 1. The topological polar surface area (TPSA) is 60.9 Å². The average Bonchev–Trinajstić information content (AvgIpc) is 3.64. The minimum Gasteiger partial charge on any atom is -0.378 e. The molecule has 7 heteroatoms. The molecule has 0 bridgehead atoms. The van der Waals surface area contributed by atoms with E-state index in [2.05, 4.69) is 70.5 Å². The smallest absolute Gasteiger partial charge is 0.252 e. The van der Waals surface area contributed by atoms with Gasteiger partial charge in [-0.15, -0.1) is 0 Å². The molecular weight excluding hydrogens is 450 g/mol. The van der Waals surface area contributed by atoms with E-state index in [1.165, 1.54) is 5.56 Å². The number of hydrogen-bond donors (Lipinski definition) is 1. The molecule has 3 heterocycles. The molecule has 1 amide bonds. The molecule has 2 aliphatic heterocycles. The third-order valence-electron chi connectivity index (χ3n) is 8.14. The number of benzene rings is 2. The van der Waals surface area contributed by atoms with Gasteiger partial charge in [-0.3, -0.25) is 9.78 Å². The van der Waals surface area contributed by atoms with E-state index in [-0.39, 0.29) is 11.4 Å². The van der Waals surface area contributed by atoms with Crippen LogP contribution in [0.15, 0.2) is 48.7 Å². The highest BCUT2D eigenvalue weighted by Gasteiger charge is 2.47. The van der Waals surface area contributed by atoms with Crippen LogP contribution in [0.1, 0.15) is 34.3 Å². The zero-order valence-electron chi connectivity index (χ0n) is 21.5. The zero-order valence-corrected chi connectivity index (χ0v) is 21.5. The van der Waals surface area contributed by atoms with E-state index >= 15 is 0 Å². The molecule has 1 saturated carbocycles. The van der Waals surface area contributed by atoms with Crippen LogP contribution in [0.25, 0.3) is 10.9 Å². The van der Waals surface area contributed by atoms with Crippen molar-refractivity contribution in [2.24, 2.45) is 0 Å². The second-order valence-electron chi connectivity index (χ2n) is 10.7. The van der Waals surface area contributed by atoms with Gasteiger partial charge in [0.1, 0.15) is 0 Å². The van der Waals surface area contributed by atoms with E-state index in [0.717, 1.165) is 85.6 Å². The van der Waals surface area contributed by atoms with Crippen molar-refractivity contribution in [2.75, 3.05) is 63.3 Å². The van der Waals surface area contributed by atoms with Crippen LogP contribution in [0.2, 0.25) is 0 Å². The molecule has 7 nitrogen and oxygen atoms in total. The van der Waals surface area contributed by atoms with Crippen molar-refractivity contribution in [3.8, 4) is 0 Å². The number of nitrogens with zero attached hydrogens (tertiary/aromatic N) is 4. The number of hydrogen-bond acceptors (Lipinski definition) is 6. The fourth-order valence-corrected chi connectivity index (χ4v) is 5.55. The van der Waals surface area contributed by atoms with Gasteiger partial charge in [0.05, 0.1) is 30.0 Å². The van der Waals surface area contributed by atoms with Gasteiger partial charge in [0.2, 0.25) is 0 Å². The molecule has 188 valence electrons. The lowest BCUT2D eigenvalue weighted by atomic mass is 9.96. The fourth-order valence-electron chi connectivity index (χ4n) is 5.55. The molecule has 1 aliphatic carbocycles. The second-order valence-corrected chi connectivity index (χ2v) is 10.7. The number of carbonyl (C=O) groups is 1. The molecule has 0 unspecified atom stereocenters. The number of carbonyl (C=O) groups excluding carboxylic acids is 1. The van der Waals surface area contributed by atoms with Crippen LogP contribution in [0.5, 0.6) is 0 Å². The molecular formula is C29H35N5O2. The minimum atomic E-state index is -0.336. The third-order valence-corrected chi connectivity index (χ3v) is 8.14. The molecule has 2 aromatic carbocycles. The third kappa shape index (κ3) is 4.10. The molecule has 3 aliphatic rings. The molecule has 3 aromatic rings. The molecule has 3 fully saturated rings. The molecule has 0 spiro atoms. The van der Waals surface area contributed by atoms with Gasteiger partial charge in [-0.25, -0.2) is 0 Å². The predicted molar refractivity (Wildman–Crippen MR) is 144 cm³/mol. The van der Waals surface area contributed by atoms with Crippen LogP contribution < -0.4 is 15.1 Å². The van der Waals surface area contributed by atoms with Crippen LogP contribution >= 0.6 is 0 Å². The van der Waals surface area contributed by atoms with E-state index in [1.54, 1.807) is 0 Å². The van der Waals surface area contributed by atoms with Crippen molar-refractivity contribution in [2.45, 2.75) is 31.3 Å². The summed E-state index contributed by atoms with van der Waals surface area (Å²) in [7, 11) is 4.25. The van der Waals surface area contributed by atoms with Gasteiger partial charge in [0.25, 0.3) is 5.91 Å². The van der Waals surface area contributed by atoms with Gasteiger partial charge in [-0.05, 0) is 69.3 Å². The summed E-state index contributed by atoms with van der Waals surface area (Å²) in [6, 6.07) is 15.4. The number of aromatic nitrogens is 1. The van der Waals surface area contributed by atoms with Crippen LogP contribution in [0.3, 0.4) is 0 Å². The number of aryl methyl sites for hydroxylation is 1. The van der Waals surface area contributed by atoms with Gasteiger partial charge in [0, 0.05) is 55.1 Å². The molecule has 2 saturated heterocycles. The van der Waals surface area contributed by atoms with Crippen LogP contribution in [0.4, 0.5) is 11.4 Å². The minimum absolute atomic E-state index is 0.00540. The monoisotopic (exact) mass is 485 g/mol. The Labute approximate surface area is 213 Å². The largest absolute Gasteiger partial charge is 0.378 e. The second kappa shape index (κ2) is 9.05. The molecule has 6 rings (SSSR count). The first kappa shape index (κ1) is 23.3. The SMILES string of the molecule is Cc1ccc(N2CC(N(C)C)C2)cc1C(=O)NC1(c2ccc(N3CCOCC3)c3ncccc23)CC1. The Morgan fingerprint density at radius 1 is 1.08 bits per heavy atom. The van der Waals surface area contributed by atoms with E-state index in [4.69, 9.17) is 9.72 Å². The van der Waals surface area contributed by atoms with Gasteiger partial charge in [-0.2, -0.15) is 0 Å². The highest BCUT2D eigenvalue weighted by atomic mass is 16.5. The highest BCUT2D eigenvalue weighted by Crippen LogP contribution is 2.49. The Balaban J connectivity index is 1.27. The van der Waals surface area contributed by atoms with E-state index in [0.29, 0.717) is 6.04 Å². The maximum atomic E-state index is 13.6. The Morgan fingerprint density at radius 3 is 2.58 bits per heavy atom. The number of fused-ring (bicyclic) bond motifs is 1. The Bertz CT molecular complexity index is 1290. The Kier molecular flexibility index (Phi) is 5.85. The summed E-state index contributed by atoms with van der Waals surface area (Å²) in [5.41, 5.74) is 5.87. The summed E-state index contributed by atoms with van der Waals surface area (Å²) in [5, 5.41) is 4.56. The Hall–Kier alpha value is -3.16. The molecule has 0 atom stereocenters. The first-order valence-corrected chi connectivity index (χ1v) is 13.0. The predicted octanol–water partition coefficient (Wildman–Crippen LogP) is 3.55. The van der Waals surface area contributed by atoms with Crippen molar-refractivity contribution >= 4 is 28.2 Å². The number of amides is 1. The maximum Gasteiger partial charge on any atom is 0.252 e. The first-order valence-electron chi connectivity index (χ1n) is 13.0. The lowest BCUT2D eigenvalue weighted by Crippen LogP contribution is -2.57. The number of nitrogens with one attached hydrogen (secondary N) is 1. The lowest BCUT2D eigenvalue weighted by Gasteiger charge is -2.44. The Morgan fingerprint density at radius 2 is 1.86 bits per heavy atom. The van der Waals surface area contributed by atoms with E-state index in [1.807, 2.05) is 19.2 Å². The number of likely N-dealkylation sites (N-methyl/N-ethyl adjacent to an activating group) is 1. The number of morpholine rings is 1. The van der Waals surface area contributed by atoms with Gasteiger partial charge in [0.15, 0.2) is 0 Å². The van der Waals surface area contributed by atoms with Crippen molar-refractivity contribution in [1.82, 2.24) is 15.2 Å². The van der Waals surface area contributed by atoms with Crippen molar-refractivity contribution in [3.05, 3.63) is 65.4 Å². The normalized spacial score (nSPS) is 19.4. The van der Waals surface area contributed by atoms with Crippen molar-refractivity contribution in [3.63, 3.8) is 0 Å². The van der Waals surface area contributed by atoms with E-state index in [9.17, 15) is 4.79 Å². The number of ether oxygens (including phenoxy) is 1. The molecule has 1 N–H and O–H groups in total. The van der Waals surface area contributed by atoms with Crippen LogP contribution in [-0.2, 0) is 10.3 Å². The summed E-state index contributed by atoms with van der Waals surface area (Å²) in [4.78, 5) is 25.4. The summed E-state index contributed by atoms with van der Waals surface area (Å²) in [6.07, 6.45) is 3.74. The van der Waals surface area contributed by atoms with Crippen molar-refractivity contribution < 1.29 is 9.53 Å². The summed E-state index contributed by atoms with van der Waals surface area (Å²) in [5.74, 6) is 0.00540. The standard InChI is InChI=1S/C29H35N5O2/c1-20-6-7-21(34-18-22(19-34)32(2)3)17-24(20)28(35)31-29(10-11-29)25-8-9-26(33-13-15-36-16-14-33)27-23(25)5-4-12-30-27/h4-9,12,17,22H,10-11,13-16,18-19H2,1-3H3,(H,31,35). The summed E-state index contributed by atoms with van der Waals surface area (Å²) < 4.78 is 5.55.